The third-order valence-corrected chi connectivity index (χ3v) is 4.28. The van der Waals surface area contributed by atoms with E-state index in [9.17, 15) is 10.1 Å². The molecule has 1 N–H and O–H groups in total. The van der Waals surface area contributed by atoms with Gasteiger partial charge in [-0.15, -0.1) is 0 Å². The Balaban J connectivity index is 2.06. The molecule has 5 nitrogen and oxygen atoms in total. The van der Waals surface area contributed by atoms with Gasteiger partial charge in [0.1, 0.15) is 0 Å². The van der Waals surface area contributed by atoms with Crippen molar-refractivity contribution in [3.63, 3.8) is 0 Å². The van der Waals surface area contributed by atoms with Crippen molar-refractivity contribution < 1.29 is 4.92 Å². The number of pyridine rings is 1. The Morgan fingerprint density at radius 1 is 1.71 bits per heavy atom. The summed E-state index contributed by atoms with van der Waals surface area (Å²) in [6, 6.07) is 1.47. The lowest BCUT2D eigenvalue weighted by Crippen LogP contribution is -2.15. The van der Waals surface area contributed by atoms with E-state index in [2.05, 4.69) is 26.2 Å². The zero-order valence-electron chi connectivity index (χ0n) is 9.06. The number of aromatic nitrogens is 1. The van der Waals surface area contributed by atoms with Crippen LogP contribution in [0.4, 0.5) is 11.5 Å². The van der Waals surface area contributed by atoms with Crippen LogP contribution in [0, 0.1) is 16.0 Å². The highest BCUT2D eigenvalue weighted by atomic mass is 79.9. The minimum Gasteiger partial charge on any atom is -0.364 e. The Labute approximate surface area is 112 Å². The van der Waals surface area contributed by atoms with Gasteiger partial charge in [-0.05, 0) is 39.8 Å². The van der Waals surface area contributed by atoms with Crippen LogP contribution in [0.25, 0.3) is 0 Å². The van der Waals surface area contributed by atoms with Gasteiger partial charge < -0.3 is 5.32 Å². The summed E-state index contributed by atoms with van der Waals surface area (Å²) in [4.78, 5) is 14.5. The molecule has 92 valence electrons. The molecule has 0 bridgehead atoms. The van der Waals surface area contributed by atoms with E-state index >= 15 is 0 Å². The lowest BCUT2D eigenvalue weighted by molar-refractivity contribution is -0.384. The second-order valence-electron chi connectivity index (χ2n) is 3.89. The van der Waals surface area contributed by atoms with Crippen molar-refractivity contribution >= 4 is 39.2 Å². The highest BCUT2D eigenvalue weighted by molar-refractivity contribution is 9.10. The van der Waals surface area contributed by atoms with Crippen LogP contribution >= 0.6 is 27.7 Å². The fraction of sp³-hybridized carbons (Fsp3) is 0.500. The lowest BCUT2D eigenvalue weighted by atomic mass is 10.1. The fourth-order valence-electron chi connectivity index (χ4n) is 1.69. The van der Waals surface area contributed by atoms with Crippen molar-refractivity contribution in [3.05, 3.63) is 26.9 Å². The van der Waals surface area contributed by atoms with Crippen LogP contribution < -0.4 is 5.32 Å². The van der Waals surface area contributed by atoms with Crippen molar-refractivity contribution in [1.82, 2.24) is 4.98 Å². The van der Waals surface area contributed by atoms with Gasteiger partial charge in [0, 0.05) is 23.3 Å². The van der Waals surface area contributed by atoms with E-state index in [4.69, 9.17) is 0 Å². The van der Waals surface area contributed by atoms with E-state index in [1.165, 1.54) is 18.2 Å². The quantitative estimate of drug-likeness (QED) is 0.683. The lowest BCUT2D eigenvalue weighted by Gasteiger charge is -2.10. The fourth-order valence-corrected chi connectivity index (χ4v) is 3.29. The normalized spacial score (nSPS) is 19.2. The summed E-state index contributed by atoms with van der Waals surface area (Å²) in [5.74, 6) is 3.25. The predicted molar refractivity (Wildman–Crippen MR) is 72.5 cm³/mol. The molecule has 0 spiro atoms. The van der Waals surface area contributed by atoms with E-state index < -0.39 is 4.92 Å². The van der Waals surface area contributed by atoms with Crippen molar-refractivity contribution in [1.29, 1.82) is 0 Å². The topological polar surface area (TPSA) is 68.1 Å². The molecule has 1 aromatic rings. The third-order valence-electron chi connectivity index (χ3n) is 2.61. The molecule has 1 unspecified atom stereocenters. The van der Waals surface area contributed by atoms with Gasteiger partial charge in [0.2, 0.25) is 5.82 Å². The highest BCUT2D eigenvalue weighted by Gasteiger charge is 2.19. The molecule has 1 fully saturated rings. The highest BCUT2D eigenvalue weighted by Crippen LogP contribution is 2.27. The van der Waals surface area contributed by atoms with Crippen LogP contribution in [0.2, 0.25) is 0 Å². The van der Waals surface area contributed by atoms with Gasteiger partial charge in [-0.3, -0.25) is 10.1 Å². The molecule has 0 radical (unpaired) electrons. The van der Waals surface area contributed by atoms with Crippen LogP contribution in [0.3, 0.4) is 0 Å². The molecule has 0 amide bonds. The SMILES string of the molecule is O=[N+]([O-])c1cc(Br)cnc1NCC1CCSC1. The first-order valence-corrected chi connectivity index (χ1v) is 7.23. The maximum Gasteiger partial charge on any atom is 0.312 e. The molecule has 2 rings (SSSR count). The first-order valence-electron chi connectivity index (χ1n) is 5.28. The van der Waals surface area contributed by atoms with Gasteiger partial charge in [0.25, 0.3) is 0 Å². The Morgan fingerprint density at radius 3 is 3.18 bits per heavy atom. The van der Waals surface area contributed by atoms with Gasteiger partial charge in [-0.25, -0.2) is 4.98 Å². The van der Waals surface area contributed by atoms with Gasteiger partial charge in [-0.2, -0.15) is 11.8 Å². The molecule has 0 saturated carbocycles. The number of halogens is 1. The molecule has 1 saturated heterocycles. The molecular weight excluding hydrogens is 306 g/mol. The summed E-state index contributed by atoms with van der Waals surface area (Å²) in [6.07, 6.45) is 2.74. The summed E-state index contributed by atoms with van der Waals surface area (Å²) in [6.45, 7) is 0.752. The number of thioether (sulfide) groups is 1. The average molecular weight is 318 g/mol. The van der Waals surface area contributed by atoms with E-state index in [0.29, 0.717) is 16.2 Å². The van der Waals surface area contributed by atoms with Gasteiger partial charge in [0.15, 0.2) is 0 Å². The zero-order chi connectivity index (χ0) is 12.3. The van der Waals surface area contributed by atoms with Crippen LogP contribution in [-0.2, 0) is 0 Å². The first kappa shape index (κ1) is 12.6. The van der Waals surface area contributed by atoms with E-state index in [0.717, 1.165) is 12.3 Å². The summed E-state index contributed by atoms with van der Waals surface area (Å²) in [5.41, 5.74) is 0.0185. The summed E-state index contributed by atoms with van der Waals surface area (Å²) in [5, 5.41) is 13.9. The number of rotatable bonds is 4. The number of nitrogens with one attached hydrogen (secondary N) is 1. The minimum atomic E-state index is -0.413. The Morgan fingerprint density at radius 2 is 2.53 bits per heavy atom. The Kier molecular flexibility index (Phi) is 4.22. The van der Waals surface area contributed by atoms with Crippen LogP contribution in [0.5, 0.6) is 0 Å². The summed E-state index contributed by atoms with van der Waals surface area (Å²) in [7, 11) is 0. The summed E-state index contributed by atoms with van der Waals surface area (Å²) >= 11 is 5.11. The zero-order valence-corrected chi connectivity index (χ0v) is 11.5. The molecule has 7 heteroatoms. The molecule has 1 atom stereocenters. The maximum absolute atomic E-state index is 10.9. The minimum absolute atomic E-state index is 0.0185. The second kappa shape index (κ2) is 5.68. The molecule has 1 aliphatic rings. The number of hydrogen-bond acceptors (Lipinski definition) is 5. The molecule has 17 heavy (non-hydrogen) atoms. The second-order valence-corrected chi connectivity index (χ2v) is 5.95. The predicted octanol–water partition coefficient (Wildman–Crippen LogP) is 2.92. The van der Waals surface area contributed by atoms with Gasteiger partial charge >= 0.3 is 5.69 Å². The van der Waals surface area contributed by atoms with Crippen LogP contribution in [0.1, 0.15) is 6.42 Å². The molecule has 1 aliphatic heterocycles. The standard InChI is InChI=1S/C10H12BrN3O2S/c11-8-3-9(14(15)16)10(13-5-8)12-4-7-1-2-17-6-7/h3,5,7H,1-2,4,6H2,(H,12,13). The Bertz CT molecular complexity index is 424. The van der Waals surface area contributed by atoms with Crippen LogP contribution in [-0.4, -0.2) is 28.0 Å². The van der Waals surface area contributed by atoms with E-state index in [1.54, 1.807) is 6.20 Å². The van der Waals surface area contributed by atoms with Gasteiger partial charge in [-0.1, -0.05) is 0 Å². The molecular formula is C10H12BrN3O2S. The van der Waals surface area contributed by atoms with E-state index in [-0.39, 0.29) is 5.69 Å². The number of anilines is 1. The largest absolute Gasteiger partial charge is 0.364 e. The van der Waals surface area contributed by atoms with Crippen molar-refractivity contribution in [3.8, 4) is 0 Å². The number of nitro groups is 1. The smallest absolute Gasteiger partial charge is 0.312 e. The third kappa shape index (κ3) is 3.32. The molecule has 1 aromatic heterocycles. The van der Waals surface area contributed by atoms with Crippen molar-refractivity contribution in [2.45, 2.75) is 6.42 Å². The number of nitrogens with zero attached hydrogens (tertiary/aromatic N) is 2. The first-order chi connectivity index (χ1) is 8.16. The van der Waals surface area contributed by atoms with Crippen molar-refractivity contribution in [2.24, 2.45) is 5.92 Å². The van der Waals surface area contributed by atoms with E-state index in [1.807, 2.05) is 11.8 Å². The summed E-state index contributed by atoms with van der Waals surface area (Å²) < 4.78 is 0.617. The number of hydrogen-bond donors (Lipinski definition) is 1. The van der Waals surface area contributed by atoms with Gasteiger partial charge in [0.05, 0.1) is 4.92 Å². The monoisotopic (exact) mass is 317 g/mol. The molecule has 2 heterocycles. The van der Waals surface area contributed by atoms with Crippen LogP contribution in [0.15, 0.2) is 16.7 Å². The van der Waals surface area contributed by atoms with Crippen molar-refractivity contribution in [2.75, 3.05) is 23.4 Å². The Hall–Kier alpha value is -0.820. The molecule has 0 aromatic carbocycles. The molecule has 0 aliphatic carbocycles. The maximum atomic E-state index is 10.9. The average Bonchev–Trinajstić information content (AvgIpc) is 2.80.